The van der Waals surface area contributed by atoms with Gasteiger partial charge in [-0.15, -0.1) is 0 Å². The molecule has 27 heavy (non-hydrogen) atoms. The Hall–Kier alpha value is -2.78. The van der Waals surface area contributed by atoms with E-state index in [0.717, 1.165) is 5.56 Å². The molecule has 9 heteroatoms. The van der Waals surface area contributed by atoms with E-state index in [1.165, 1.54) is 0 Å². The first-order valence-electron chi connectivity index (χ1n) is 8.86. The summed E-state index contributed by atoms with van der Waals surface area (Å²) in [7, 11) is 3.74. The highest BCUT2D eigenvalue weighted by atomic mass is 16.5. The average molecular weight is 371 g/mol. The zero-order chi connectivity index (χ0) is 19.4. The Labute approximate surface area is 158 Å². The molecule has 144 valence electrons. The number of hydrogen-bond acceptors (Lipinski definition) is 8. The topological polar surface area (TPSA) is 101 Å². The molecule has 0 amide bonds. The molecule has 9 nitrogen and oxygen atoms in total. The highest BCUT2D eigenvalue weighted by Crippen LogP contribution is 2.28. The van der Waals surface area contributed by atoms with E-state index in [2.05, 4.69) is 25.4 Å². The van der Waals surface area contributed by atoms with Crippen molar-refractivity contribution in [3.8, 4) is 0 Å². The quantitative estimate of drug-likeness (QED) is 0.579. The summed E-state index contributed by atoms with van der Waals surface area (Å²) in [5.74, 6) is 1.80. The molecule has 0 saturated carbocycles. The van der Waals surface area contributed by atoms with Crippen LogP contribution in [-0.4, -0.2) is 57.1 Å². The van der Waals surface area contributed by atoms with Crippen molar-refractivity contribution in [1.82, 2.24) is 24.7 Å². The summed E-state index contributed by atoms with van der Waals surface area (Å²) >= 11 is 0. The van der Waals surface area contributed by atoms with Gasteiger partial charge >= 0.3 is 0 Å². The molecule has 0 saturated heterocycles. The smallest absolute Gasteiger partial charge is 0.227 e. The molecule has 0 aliphatic heterocycles. The Kier molecular flexibility index (Phi) is 5.82. The Morgan fingerprint density at radius 3 is 2.78 bits per heavy atom. The molecule has 0 aliphatic rings. The van der Waals surface area contributed by atoms with Crippen LogP contribution in [0.3, 0.4) is 0 Å². The van der Waals surface area contributed by atoms with Crippen LogP contribution >= 0.6 is 0 Å². The van der Waals surface area contributed by atoms with Crippen molar-refractivity contribution in [3.63, 3.8) is 0 Å². The van der Waals surface area contributed by atoms with Crippen molar-refractivity contribution in [2.24, 2.45) is 0 Å². The standard InChI is InChI=1S/C18H25N7O2/c1-5-27-9-8-25-16-15(13(11-26)23-25)21-18(24(3)4)22-17(16)20-14-10-12(2)6-7-19-14/h6-7,10,26H,5,8-9,11H2,1-4H3,(H,19,20,21,22). The second-order valence-electron chi connectivity index (χ2n) is 6.33. The van der Waals surface area contributed by atoms with Crippen LogP contribution < -0.4 is 10.2 Å². The molecular weight excluding hydrogens is 346 g/mol. The Morgan fingerprint density at radius 2 is 2.11 bits per heavy atom. The highest BCUT2D eigenvalue weighted by molar-refractivity contribution is 5.90. The number of aliphatic hydroxyl groups excluding tert-OH is 1. The third kappa shape index (κ3) is 4.15. The van der Waals surface area contributed by atoms with Crippen LogP contribution in [0.15, 0.2) is 18.3 Å². The lowest BCUT2D eigenvalue weighted by atomic mass is 10.3. The number of pyridine rings is 1. The monoisotopic (exact) mass is 371 g/mol. The van der Waals surface area contributed by atoms with Crippen LogP contribution in [0.4, 0.5) is 17.6 Å². The number of aryl methyl sites for hydroxylation is 1. The number of ether oxygens (including phenoxy) is 1. The first-order chi connectivity index (χ1) is 13.0. The molecule has 2 N–H and O–H groups in total. The fourth-order valence-electron chi connectivity index (χ4n) is 2.71. The van der Waals surface area contributed by atoms with Gasteiger partial charge in [0.1, 0.15) is 22.5 Å². The van der Waals surface area contributed by atoms with Crippen LogP contribution in [0.5, 0.6) is 0 Å². The zero-order valence-corrected chi connectivity index (χ0v) is 16.1. The molecule has 3 heterocycles. The fraction of sp³-hybridized carbons (Fsp3) is 0.444. The van der Waals surface area contributed by atoms with Crippen LogP contribution in [0, 0.1) is 6.92 Å². The van der Waals surface area contributed by atoms with Gasteiger partial charge in [0, 0.05) is 26.9 Å². The van der Waals surface area contributed by atoms with E-state index in [1.54, 1.807) is 10.9 Å². The zero-order valence-electron chi connectivity index (χ0n) is 16.1. The van der Waals surface area contributed by atoms with Crippen molar-refractivity contribution in [3.05, 3.63) is 29.6 Å². The molecule has 3 aromatic rings. The minimum absolute atomic E-state index is 0.204. The lowest BCUT2D eigenvalue weighted by Crippen LogP contribution is -2.15. The number of nitrogens with one attached hydrogen (secondary N) is 1. The summed E-state index contributed by atoms with van der Waals surface area (Å²) in [6.45, 7) is 5.42. The minimum Gasteiger partial charge on any atom is -0.390 e. The molecular formula is C18H25N7O2. The van der Waals surface area contributed by atoms with Gasteiger partial charge in [0.15, 0.2) is 5.82 Å². The molecule has 0 unspecified atom stereocenters. The minimum atomic E-state index is -0.204. The largest absolute Gasteiger partial charge is 0.390 e. The molecule has 0 spiro atoms. The van der Waals surface area contributed by atoms with Gasteiger partial charge in [-0.05, 0) is 31.5 Å². The number of fused-ring (bicyclic) bond motifs is 1. The van der Waals surface area contributed by atoms with Gasteiger partial charge in [0.05, 0.1) is 19.8 Å². The lowest BCUT2D eigenvalue weighted by Gasteiger charge is -2.14. The summed E-state index contributed by atoms with van der Waals surface area (Å²) in [6.07, 6.45) is 1.74. The predicted molar refractivity (Wildman–Crippen MR) is 104 cm³/mol. The maximum absolute atomic E-state index is 9.75. The van der Waals surface area contributed by atoms with E-state index < -0.39 is 0 Å². The van der Waals surface area contributed by atoms with Crippen LogP contribution in [0.1, 0.15) is 18.2 Å². The number of hydrogen-bond donors (Lipinski definition) is 2. The molecule has 3 rings (SSSR count). The maximum Gasteiger partial charge on any atom is 0.227 e. The van der Waals surface area contributed by atoms with Gasteiger partial charge in [-0.25, -0.2) is 9.97 Å². The van der Waals surface area contributed by atoms with Crippen molar-refractivity contribution in [1.29, 1.82) is 0 Å². The molecule has 0 fully saturated rings. The molecule has 0 atom stereocenters. The normalized spacial score (nSPS) is 11.1. The summed E-state index contributed by atoms with van der Waals surface area (Å²) < 4.78 is 7.23. The second-order valence-corrected chi connectivity index (χ2v) is 6.33. The average Bonchev–Trinajstić information content (AvgIpc) is 3.00. The van der Waals surface area contributed by atoms with Crippen LogP contribution in [0.2, 0.25) is 0 Å². The Balaban J connectivity index is 2.13. The molecule has 0 radical (unpaired) electrons. The van der Waals surface area contributed by atoms with E-state index in [0.29, 0.717) is 54.1 Å². The SMILES string of the molecule is CCOCCn1nc(CO)c2nc(N(C)C)nc(Nc3cc(C)ccn3)c21. The van der Waals surface area contributed by atoms with Crippen LogP contribution in [-0.2, 0) is 17.9 Å². The third-order valence-electron chi connectivity index (χ3n) is 4.01. The first-order valence-corrected chi connectivity index (χ1v) is 8.86. The van der Waals surface area contributed by atoms with E-state index >= 15 is 0 Å². The van der Waals surface area contributed by atoms with Crippen molar-refractivity contribution in [2.45, 2.75) is 27.0 Å². The fourth-order valence-corrected chi connectivity index (χ4v) is 2.71. The Bertz CT molecular complexity index is 923. The van der Waals surface area contributed by atoms with Gasteiger partial charge < -0.3 is 20.1 Å². The first kappa shape index (κ1) is 19.0. The van der Waals surface area contributed by atoms with Crippen molar-refractivity contribution < 1.29 is 9.84 Å². The third-order valence-corrected chi connectivity index (χ3v) is 4.01. The molecule has 0 aromatic carbocycles. The number of aliphatic hydroxyl groups is 1. The highest BCUT2D eigenvalue weighted by Gasteiger charge is 2.19. The van der Waals surface area contributed by atoms with Gasteiger partial charge in [0.25, 0.3) is 0 Å². The number of nitrogens with zero attached hydrogens (tertiary/aromatic N) is 6. The summed E-state index contributed by atoms with van der Waals surface area (Å²) in [4.78, 5) is 15.4. The van der Waals surface area contributed by atoms with Gasteiger partial charge in [-0.1, -0.05) is 0 Å². The molecule has 3 aromatic heterocycles. The predicted octanol–water partition coefficient (Wildman–Crippen LogP) is 1.87. The number of anilines is 3. The van der Waals surface area contributed by atoms with Crippen LogP contribution in [0.25, 0.3) is 11.0 Å². The summed E-state index contributed by atoms with van der Waals surface area (Å²) in [6, 6.07) is 3.87. The lowest BCUT2D eigenvalue weighted by molar-refractivity contribution is 0.137. The van der Waals surface area contributed by atoms with Gasteiger partial charge in [-0.3, -0.25) is 4.68 Å². The van der Waals surface area contributed by atoms with E-state index in [9.17, 15) is 5.11 Å². The summed E-state index contributed by atoms with van der Waals surface area (Å²) in [5.41, 5.74) is 2.93. The van der Waals surface area contributed by atoms with Crippen molar-refractivity contribution >= 4 is 28.6 Å². The van der Waals surface area contributed by atoms with E-state index in [4.69, 9.17) is 4.74 Å². The van der Waals surface area contributed by atoms with E-state index in [1.807, 2.05) is 45.0 Å². The number of aromatic nitrogens is 5. The van der Waals surface area contributed by atoms with E-state index in [-0.39, 0.29) is 6.61 Å². The van der Waals surface area contributed by atoms with Crippen molar-refractivity contribution in [2.75, 3.05) is 37.5 Å². The molecule has 0 aliphatic carbocycles. The van der Waals surface area contributed by atoms with Gasteiger partial charge in [-0.2, -0.15) is 10.1 Å². The molecule has 0 bridgehead atoms. The van der Waals surface area contributed by atoms with Gasteiger partial charge in [0.2, 0.25) is 5.95 Å². The maximum atomic E-state index is 9.75. The number of rotatable bonds is 8. The Morgan fingerprint density at radius 1 is 1.30 bits per heavy atom. The second kappa shape index (κ2) is 8.28. The summed E-state index contributed by atoms with van der Waals surface area (Å²) in [5, 5.41) is 17.5.